The number of aromatic amines is 1. The number of benzene rings is 1. The Bertz CT molecular complexity index is 984. The van der Waals surface area contributed by atoms with E-state index in [1.165, 1.54) is 5.56 Å². The summed E-state index contributed by atoms with van der Waals surface area (Å²) in [4.78, 5) is 33.2. The van der Waals surface area contributed by atoms with E-state index < -0.39 is 11.9 Å². The number of rotatable bonds is 5. The second-order valence-electron chi connectivity index (χ2n) is 8.80. The predicted octanol–water partition coefficient (Wildman–Crippen LogP) is 2.57. The molecule has 10 heteroatoms. The number of H-pyrrole nitrogens is 1. The van der Waals surface area contributed by atoms with Crippen LogP contribution in [0.5, 0.6) is 5.75 Å². The zero-order valence-electron chi connectivity index (χ0n) is 21.0. The highest BCUT2D eigenvalue weighted by Crippen LogP contribution is 2.43. The van der Waals surface area contributed by atoms with Crippen LogP contribution >= 0.6 is 0 Å². The molecule has 0 bridgehead atoms. The fourth-order valence-corrected chi connectivity index (χ4v) is 4.55. The highest BCUT2D eigenvalue weighted by molar-refractivity contribution is 5.77. The lowest BCUT2D eigenvalue weighted by Crippen LogP contribution is -2.34. The zero-order chi connectivity index (χ0) is 26.1. The zero-order valence-corrected chi connectivity index (χ0v) is 21.0. The number of nitrogens with zero attached hydrogens (tertiary/aromatic N) is 2. The van der Waals surface area contributed by atoms with Gasteiger partial charge in [0.15, 0.2) is 0 Å². The van der Waals surface area contributed by atoms with Gasteiger partial charge in [0, 0.05) is 57.9 Å². The Balaban J connectivity index is 0.000000473. The predicted molar refractivity (Wildman–Crippen MR) is 130 cm³/mol. The van der Waals surface area contributed by atoms with Crippen LogP contribution in [0, 0.1) is 25.7 Å². The van der Waals surface area contributed by atoms with Crippen molar-refractivity contribution in [3.63, 3.8) is 0 Å². The first-order valence-electron chi connectivity index (χ1n) is 11.6. The number of likely N-dealkylation sites (tertiary alicyclic amines) is 1. The molecule has 2 aliphatic heterocycles. The number of ether oxygens (including phenoxy) is 1. The summed E-state index contributed by atoms with van der Waals surface area (Å²) in [6.45, 7) is 9.06. The molecule has 2 saturated heterocycles. The summed E-state index contributed by atoms with van der Waals surface area (Å²) in [6, 6.07) is 8.33. The van der Waals surface area contributed by atoms with Gasteiger partial charge in [-0.3, -0.25) is 19.5 Å². The highest BCUT2D eigenvalue weighted by Gasteiger charge is 2.46. The molecule has 0 radical (unpaired) electrons. The van der Waals surface area contributed by atoms with E-state index in [9.17, 15) is 4.79 Å². The van der Waals surface area contributed by atoms with Gasteiger partial charge in [-0.2, -0.15) is 5.10 Å². The Labute approximate surface area is 205 Å². The maximum Gasteiger partial charge on any atom is 0.300 e. The number of carbonyl (C=O) groups is 3. The number of nitrogens with one attached hydrogen (secondary N) is 2. The standard InChI is InChI=1S/C21H28N4O2.2C2H4O2/c1-13-14(2)23-24-19(13)8-9-20(26)25-12-16-10-22-11-18(16)21(25)15-4-6-17(27-3)7-5-15;2*1-2(3)4/h4-7,16,18,21-22H,8-12H2,1-3H3,(H,23,24);2*1H3,(H,3,4)/t16-,18-,21-;;/m0../s1. The average molecular weight is 489 g/mol. The molecule has 1 aromatic heterocycles. The number of carbonyl (C=O) groups excluding carboxylic acids is 1. The lowest BCUT2D eigenvalue weighted by atomic mass is 9.89. The highest BCUT2D eigenvalue weighted by atomic mass is 16.5. The minimum absolute atomic E-state index is 0.144. The number of methoxy groups -OCH3 is 1. The number of carboxylic acids is 2. The number of carboxylic acid groups (broad SMARTS) is 2. The van der Waals surface area contributed by atoms with Crippen LogP contribution in [0.4, 0.5) is 0 Å². The maximum absolute atomic E-state index is 13.1. The third-order valence-corrected chi connectivity index (χ3v) is 6.27. The van der Waals surface area contributed by atoms with Gasteiger partial charge in [-0.05, 0) is 43.0 Å². The molecule has 2 aliphatic rings. The van der Waals surface area contributed by atoms with E-state index in [1.54, 1.807) is 7.11 Å². The van der Waals surface area contributed by atoms with E-state index >= 15 is 0 Å². The number of hydrogen-bond donors (Lipinski definition) is 4. The Morgan fingerprint density at radius 2 is 1.69 bits per heavy atom. The molecule has 3 heterocycles. The quantitative estimate of drug-likeness (QED) is 0.503. The Hall–Kier alpha value is -3.40. The van der Waals surface area contributed by atoms with Crippen LogP contribution in [0.3, 0.4) is 0 Å². The average Bonchev–Trinajstić information content (AvgIpc) is 3.47. The van der Waals surface area contributed by atoms with Crippen molar-refractivity contribution in [2.75, 3.05) is 26.7 Å². The molecule has 1 amide bonds. The van der Waals surface area contributed by atoms with Crippen LogP contribution in [-0.2, 0) is 20.8 Å². The van der Waals surface area contributed by atoms with Crippen molar-refractivity contribution < 1.29 is 29.3 Å². The van der Waals surface area contributed by atoms with Crippen LogP contribution in [0.2, 0.25) is 0 Å². The third kappa shape index (κ3) is 7.81. The molecule has 0 saturated carbocycles. The topological polar surface area (TPSA) is 145 Å². The van der Waals surface area contributed by atoms with Crippen LogP contribution in [0.15, 0.2) is 24.3 Å². The number of aryl methyl sites for hydroxylation is 2. The summed E-state index contributed by atoms with van der Waals surface area (Å²) in [5.41, 5.74) is 4.45. The molecule has 4 N–H and O–H groups in total. The molecule has 0 unspecified atom stereocenters. The Morgan fingerprint density at radius 1 is 1.09 bits per heavy atom. The van der Waals surface area contributed by atoms with Crippen LogP contribution in [0.25, 0.3) is 0 Å². The molecular formula is C25H36N4O6. The smallest absolute Gasteiger partial charge is 0.300 e. The van der Waals surface area contributed by atoms with Gasteiger partial charge in [0.1, 0.15) is 5.75 Å². The molecule has 3 atom stereocenters. The fraction of sp³-hybridized carbons (Fsp3) is 0.520. The lowest BCUT2D eigenvalue weighted by molar-refractivity contribution is -0.135. The summed E-state index contributed by atoms with van der Waals surface area (Å²) < 4.78 is 5.29. The first kappa shape index (κ1) is 27.8. The number of aliphatic carboxylic acids is 2. The lowest BCUT2D eigenvalue weighted by Gasteiger charge is -2.28. The normalized spacial score (nSPS) is 20.1. The molecule has 0 aliphatic carbocycles. The molecular weight excluding hydrogens is 452 g/mol. The van der Waals surface area contributed by atoms with Crippen molar-refractivity contribution >= 4 is 17.8 Å². The van der Waals surface area contributed by atoms with Crippen LogP contribution in [0.1, 0.15) is 48.8 Å². The van der Waals surface area contributed by atoms with E-state index in [-0.39, 0.29) is 11.9 Å². The van der Waals surface area contributed by atoms with E-state index in [2.05, 4.69) is 39.5 Å². The largest absolute Gasteiger partial charge is 0.497 e. The van der Waals surface area contributed by atoms with Gasteiger partial charge >= 0.3 is 0 Å². The van der Waals surface area contributed by atoms with Gasteiger partial charge < -0.3 is 25.2 Å². The van der Waals surface area contributed by atoms with E-state index in [0.29, 0.717) is 24.7 Å². The summed E-state index contributed by atoms with van der Waals surface area (Å²) in [5, 5.41) is 25.7. The van der Waals surface area contributed by atoms with Gasteiger partial charge in [0.05, 0.1) is 18.8 Å². The summed E-state index contributed by atoms with van der Waals surface area (Å²) in [7, 11) is 1.68. The second-order valence-corrected chi connectivity index (χ2v) is 8.80. The van der Waals surface area contributed by atoms with Crippen molar-refractivity contribution in [3.8, 4) is 5.75 Å². The van der Waals surface area contributed by atoms with Crippen molar-refractivity contribution in [3.05, 3.63) is 46.8 Å². The Kier molecular flexibility index (Phi) is 10.3. The molecule has 1 aromatic carbocycles. The van der Waals surface area contributed by atoms with Gasteiger partial charge in [0.2, 0.25) is 5.91 Å². The molecule has 4 rings (SSSR count). The molecule has 192 valence electrons. The summed E-state index contributed by atoms with van der Waals surface area (Å²) in [6.07, 6.45) is 1.19. The Morgan fingerprint density at radius 3 is 2.20 bits per heavy atom. The van der Waals surface area contributed by atoms with E-state index in [0.717, 1.165) is 56.2 Å². The third-order valence-electron chi connectivity index (χ3n) is 6.27. The van der Waals surface area contributed by atoms with Gasteiger partial charge in [0.25, 0.3) is 11.9 Å². The first-order chi connectivity index (χ1) is 16.5. The SMILES string of the molecule is CC(=O)O.CC(=O)O.COc1ccc([C@H]2[C@H]3CNC[C@H]3CN2C(=O)CCc2n[nH]c(C)c2C)cc1. The summed E-state index contributed by atoms with van der Waals surface area (Å²) >= 11 is 0. The monoisotopic (exact) mass is 488 g/mol. The van der Waals surface area contributed by atoms with Gasteiger partial charge in [-0.1, -0.05) is 12.1 Å². The van der Waals surface area contributed by atoms with Crippen molar-refractivity contribution in [2.24, 2.45) is 11.8 Å². The van der Waals surface area contributed by atoms with Crippen molar-refractivity contribution in [1.29, 1.82) is 0 Å². The second kappa shape index (κ2) is 12.9. The van der Waals surface area contributed by atoms with Gasteiger partial charge in [-0.25, -0.2) is 0 Å². The van der Waals surface area contributed by atoms with Crippen molar-refractivity contribution in [1.82, 2.24) is 20.4 Å². The molecule has 2 aromatic rings. The molecule has 0 spiro atoms. The first-order valence-corrected chi connectivity index (χ1v) is 11.6. The minimum Gasteiger partial charge on any atom is -0.497 e. The minimum atomic E-state index is -0.833. The number of hydrogen-bond acceptors (Lipinski definition) is 6. The van der Waals surface area contributed by atoms with Crippen LogP contribution in [-0.4, -0.2) is 69.9 Å². The summed E-state index contributed by atoms with van der Waals surface area (Å²) in [5.74, 6) is 0.428. The molecule has 10 nitrogen and oxygen atoms in total. The van der Waals surface area contributed by atoms with E-state index in [4.69, 9.17) is 24.5 Å². The number of amides is 1. The number of aromatic nitrogens is 2. The van der Waals surface area contributed by atoms with E-state index in [1.807, 2.05) is 19.1 Å². The molecule has 2 fully saturated rings. The van der Waals surface area contributed by atoms with Gasteiger partial charge in [-0.15, -0.1) is 0 Å². The van der Waals surface area contributed by atoms with Crippen molar-refractivity contribution in [2.45, 2.75) is 46.6 Å². The fourth-order valence-electron chi connectivity index (χ4n) is 4.55. The molecule has 35 heavy (non-hydrogen) atoms. The van der Waals surface area contributed by atoms with Crippen LogP contribution < -0.4 is 10.1 Å². The maximum atomic E-state index is 13.1. The number of fused-ring (bicyclic) bond motifs is 1.